The Morgan fingerprint density at radius 1 is 1.35 bits per heavy atom. The predicted molar refractivity (Wildman–Crippen MR) is 102 cm³/mol. The van der Waals surface area contributed by atoms with E-state index in [4.69, 9.17) is 9.47 Å². The van der Waals surface area contributed by atoms with E-state index in [1.807, 2.05) is 31.2 Å². The lowest BCUT2D eigenvalue weighted by molar-refractivity contribution is 0.131. The highest BCUT2D eigenvalue weighted by atomic mass is 16.5. The van der Waals surface area contributed by atoms with Crippen LogP contribution in [0.2, 0.25) is 0 Å². The minimum absolute atomic E-state index is 0.0916. The van der Waals surface area contributed by atoms with E-state index in [-0.39, 0.29) is 12.0 Å². The summed E-state index contributed by atoms with van der Waals surface area (Å²) in [6.07, 6.45) is 0.945. The van der Waals surface area contributed by atoms with Crippen molar-refractivity contribution < 1.29 is 19.7 Å². The van der Waals surface area contributed by atoms with Crippen LogP contribution in [-0.2, 0) is 4.74 Å². The monoisotopic (exact) mass is 365 g/mol. The number of benzene rings is 1. The quantitative estimate of drug-likeness (QED) is 0.386. The normalized spacial score (nSPS) is 21.5. The standard InChI is InChI=1S/C19H31N3O4/c1-3-20-18(22-13-19(8-10-23)9-11-26-14-19)21-12-17(24)15-4-6-16(25-2)7-5-15/h4-7,17,23-24H,3,8-14H2,1-2H3,(H2,20,21,22). The van der Waals surface area contributed by atoms with E-state index < -0.39 is 6.10 Å². The molecule has 0 bridgehead atoms. The van der Waals surface area contributed by atoms with Crippen LogP contribution in [0.4, 0.5) is 0 Å². The van der Waals surface area contributed by atoms with Crippen LogP contribution in [0.1, 0.15) is 31.4 Å². The molecule has 0 spiro atoms. The van der Waals surface area contributed by atoms with Crippen molar-refractivity contribution in [3.8, 4) is 5.75 Å². The van der Waals surface area contributed by atoms with Crippen LogP contribution in [0.3, 0.4) is 0 Å². The molecule has 1 saturated heterocycles. The van der Waals surface area contributed by atoms with Crippen molar-refractivity contribution in [3.05, 3.63) is 29.8 Å². The zero-order valence-electron chi connectivity index (χ0n) is 15.7. The molecule has 1 aromatic rings. The molecule has 1 aliphatic heterocycles. The molecule has 0 amide bonds. The molecule has 0 aromatic heterocycles. The fourth-order valence-electron chi connectivity index (χ4n) is 3.01. The topological polar surface area (TPSA) is 95.3 Å². The summed E-state index contributed by atoms with van der Waals surface area (Å²) in [5.74, 6) is 1.42. The summed E-state index contributed by atoms with van der Waals surface area (Å²) in [6, 6.07) is 7.36. The molecule has 2 rings (SSSR count). The number of rotatable bonds is 9. The number of hydrogen-bond acceptors (Lipinski definition) is 5. The first-order valence-corrected chi connectivity index (χ1v) is 9.15. The van der Waals surface area contributed by atoms with Crippen molar-refractivity contribution in [3.63, 3.8) is 0 Å². The van der Waals surface area contributed by atoms with E-state index in [0.717, 1.165) is 30.9 Å². The van der Waals surface area contributed by atoms with Gasteiger partial charge in [0.25, 0.3) is 0 Å². The number of hydrogen-bond donors (Lipinski definition) is 4. The van der Waals surface area contributed by atoms with Crippen LogP contribution in [0.15, 0.2) is 29.3 Å². The summed E-state index contributed by atoms with van der Waals surface area (Å²) in [5, 5.41) is 26.1. The van der Waals surface area contributed by atoms with Crippen LogP contribution >= 0.6 is 0 Å². The van der Waals surface area contributed by atoms with Gasteiger partial charge in [-0.3, -0.25) is 4.99 Å². The number of methoxy groups -OCH3 is 1. The van der Waals surface area contributed by atoms with Gasteiger partial charge in [-0.25, -0.2) is 0 Å². The molecule has 4 N–H and O–H groups in total. The van der Waals surface area contributed by atoms with Gasteiger partial charge < -0.3 is 30.3 Å². The van der Waals surface area contributed by atoms with E-state index in [1.54, 1.807) is 7.11 Å². The Morgan fingerprint density at radius 2 is 2.12 bits per heavy atom. The number of aliphatic hydroxyl groups is 2. The fourth-order valence-corrected chi connectivity index (χ4v) is 3.01. The highest BCUT2D eigenvalue weighted by Gasteiger charge is 2.34. The Bertz CT molecular complexity index is 556. The van der Waals surface area contributed by atoms with Gasteiger partial charge in [-0.2, -0.15) is 0 Å². The summed E-state index contributed by atoms with van der Waals surface area (Å²) >= 11 is 0. The van der Waals surface area contributed by atoms with Crippen LogP contribution in [0.5, 0.6) is 5.75 Å². The molecule has 0 radical (unpaired) electrons. The van der Waals surface area contributed by atoms with Crippen molar-refractivity contribution in [2.24, 2.45) is 10.4 Å². The lowest BCUT2D eigenvalue weighted by atomic mass is 9.84. The van der Waals surface area contributed by atoms with Crippen molar-refractivity contribution in [1.29, 1.82) is 0 Å². The zero-order chi connectivity index (χ0) is 18.8. The average Bonchev–Trinajstić information content (AvgIpc) is 3.13. The van der Waals surface area contributed by atoms with Gasteiger partial charge >= 0.3 is 0 Å². The molecule has 146 valence electrons. The van der Waals surface area contributed by atoms with Gasteiger partial charge in [0.2, 0.25) is 0 Å². The third-order valence-corrected chi connectivity index (χ3v) is 4.71. The Morgan fingerprint density at radius 3 is 2.69 bits per heavy atom. The maximum Gasteiger partial charge on any atom is 0.191 e. The Kier molecular flexibility index (Phi) is 8.15. The molecule has 1 aromatic carbocycles. The first kappa shape index (κ1) is 20.5. The van der Waals surface area contributed by atoms with Gasteiger partial charge in [0.05, 0.1) is 26.4 Å². The number of nitrogens with one attached hydrogen (secondary N) is 2. The fraction of sp³-hybridized carbons (Fsp3) is 0.632. The van der Waals surface area contributed by atoms with Crippen molar-refractivity contribution in [1.82, 2.24) is 10.6 Å². The van der Waals surface area contributed by atoms with E-state index in [9.17, 15) is 10.2 Å². The third kappa shape index (κ3) is 5.86. The third-order valence-electron chi connectivity index (χ3n) is 4.71. The molecule has 2 atom stereocenters. The SMILES string of the molecule is CCNC(=NCC1(CCO)CCOC1)NCC(O)c1ccc(OC)cc1. The van der Waals surface area contributed by atoms with Crippen molar-refractivity contribution >= 4 is 5.96 Å². The second-order valence-corrected chi connectivity index (χ2v) is 6.64. The molecule has 1 aliphatic rings. The molecule has 1 fully saturated rings. The van der Waals surface area contributed by atoms with E-state index in [1.165, 1.54) is 0 Å². The molecule has 26 heavy (non-hydrogen) atoms. The molecule has 2 unspecified atom stereocenters. The molecular weight excluding hydrogens is 334 g/mol. The molecule has 0 saturated carbocycles. The zero-order valence-corrected chi connectivity index (χ0v) is 15.7. The second-order valence-electron chi connectivity index (χ2n) is 6.64. The maximum atomic E-state index is 10.4. The summed E-state index contributed by atoms with van der Waals surface area (Å²) in [5.41, 5.74) is 0.723. The molecule has 7 nitrogen and oxygen atoms in total. The maximum absolute atomic E-state index is 10.4. The van der Waals surface area contributed by atoms with Gasteiger partial charge in [-0.05, 0) is 37.5 Å². The van der Waals surface area contributed by atoms with Gasteiger partial charge in [-0.1, -0.05) is 12.1 Å². The first-order chi connectivity index (χ1) is 12.6. The van der Waals surface area contributed by atoms with Gasteiger partial charge in [0.15, 0.2) is 5.96 Å². The Labute approximate surface area is 155 Å². The Balaban J connectivity index is 1.93. The predicted octanol–water partition coefficient (Wildman–Crippen LogP) is 1.07. The first-order valence-electron chi connectivity index (χ1n) is 9.15. The lowest BCUT2D eigenvalue weighted by Crippen LogP contribution is -2.40. The molecule has 7 heteroatoms. The Hall–Kier alpha value is -1.83. The summed E-state index contributed by atoms with van der Waals surface area (Å²) in [6.45, 7) is 5.15. The lowest BCUT2D eigenvalue weighted by Gasteiger charge is -2.25. The number of aliphatic hydroxyl groups excluding tert-OH is 2. The number of nitrogens with zero attached hydrogens (tertiary/aromatic N) is 1. The number of aliphatic imine (C=N–C) groups is 1. The smallest absolute Gasteiger partial charge is 0.191 e. The van der Waals surface area contributed by atoms with Crippen molar-refractivity contribution in [2.75, 3.05) is 46.6 Å². The van der Waals surface area contributed by atoms with Crippen LogP contribution < -0.4 is 15.4 Å². The molecular formula is C19H31N3O4. The van der Waals surface area contributed by atoms with Crippen LogP contribution in [-0.4, -0.2) is 62.7 Å². The molecule has 1 heterocycles. The van der Waals surface area contributed by atoms with E-state index in [2.05, 4.69) is 15.6 Å². The van der Waals surface area contributed by atoms with Gasteiger partial charge in [0.1, 0.15) is 5.75 Å². The summed E-state index contributed by atoms with van der Waals surface area (Å²) in [7, 11) is 1.62. The second kappa shape index (κ2) is 10.4. The summed E-state index contributed by atoms with van der Waals surface area (Å²) < 4.78 is 10.6. The minimum Gasteiger partial charge on any atom is -0.497 e. The van der Waals surface area contributed by atoms with E-state index >= 15 is 0 Å². The average molecular weight is 365 g/mol. The highest BCUT2D eigenvalue weighted by molar-refractivity contribution is 5.79. The highest BCUT2D eigenvalue weighted by Crippen LogP contribution is 2.32. The summed E-state index contributed by atoms with van der Waals surface area (Å²) in [4.78, 5) is 4.65. The van der Waals surface area contributed by atoms with Gasteiger partial charge in [-0.15, -0.1) is 0 Å². The van der Waals surface area contributed by atoms with E-state index in [0.29, 0.717) is 32.1 Å². The van der Waals surface area contributed by atoms with Crippen LogP contribution in [0, 0.1) is 5.41 Å². The van der Waals surface area contributed by atoms with Crippen molar-refractivity contribution in [2.45, 2.75) is 25.9 Å². The minimum atomic E-state index is -0.647. The number of guanidine groups is 1. The largest absolute Gasteiger partial charge is 0.497 e. The molecule has 0 aliphatic carbocycles. The number of ether oxygens (including phenoxy) is 2. The van der Waals surface area contributed by atoms with Crippen LogP contribution in [0.25, 0.3) is 0 Å². The van der Waals surface area contributed by atoms with Gasteiger partial charge in [0, 0.05) is 31.7 Å².